The first-order valence-electron chi connectivity index (χ1n) is 5.94. The zero-order chi connectivity index (χ0) is 13.1. The first kappa shape index (κ1) is 12.8. The summed E-state index contributed by atoms with van der Waals surface area (Å²) in [6.07, 6.45) is 0. The number of thiophene rings is 1. The van der Waals surface area contributed by atoms with E-state index in [0.29, 0.717) is 17.9 Å². The van der Waals surface area contributed by atoms with E-state index in [1.54, 1.807) is 11.3 Å². The van der Waals surface area contributed by atoms with Crippen molar-refractivity contribution < 1.29 is 9.53 Å². The van der Waals surface area contributed by atoms with Gasteiger partial charge in [-0.15, -0.1) is 0 Å². The second-order valence-corrected chi connectivity index (χ2v) is 4.97. The molecule has 94 valence electrons. The van der Waals surface area contributed by atoms with E-state index in [1.165, 1.54) is 0 Å². The number of benzene rings is 1. The molecular formula is C15H16O2S. The Bertz CT molecular complexity index is 570. The van der Waals surface area contributed by atoms with Gasteiger partial charge in [0.25, 0.3) is 0 Å². The van der Waals surface area contributed by atoms with Crippen LogP contribution in [-0.2, 0) is 0 Å². The number of aryl methyl sites for hydroxylation is 2. The molecule has 0 spiro atoms. The molecule has 0 saturated heterocycles. The van der Waals surface area contributed by atoms with Crippen molar-refractivity contribution in [2.45, 2.75) is 20.8 Å². The number of carbonyl (C=O) groups excluding carboxylic acids is 1. The van der Waals surface area contributed by atoms with E-state index < -0.39 is 0 Å². The van der Waals surface area contributed by atoms with Gasteiger partial charge >= 0.3 is 0 Å². The van der Waals surface area contributed by atoms with E-state index in [2.05, 4.69) is 0 Å². The van der Waals surface area contributed by atoms with Gasteiger partial charge in [-0.1, -0.05) is 11.6 Å². The molecule has 0 fully saturated rings. The molecule has 0 unspecified atom stereocenters. The van der Waals surface area contributed by atoms with E-state index in [1.807, 2.05) is 49.7 Å². The van der Waals surface area contributed by atoms with Gasteiger partial charge in [0.05, 0.1) is 12.2 Å². The van der Waals surface area contributed by atoms with Crippen LogP contribution in [-0.4, -0.2) is 12.4 Å². The number of hydrogen-bond acceptors (Lipinski definition) is 3. The Morgan fingerprint density at radius 1 is 1.22 bits per heavy atom. The molecule has 1 heterocycles. The number of ketones is 1. The van der Waals surface area contributed by atoms with E-state index in [0.717, 1.165) is 16.7 Å². The fourth-order valence-electron chi connectivity index (χ4n) is 1.84. The molecule has 0 aliphatic carbocycles. The number of hydrogen-bond donors (Lipinski definition) is 0. The largest absolute Gasteiger partial charge is 0.493 e. The minimum atomic E-state index is 0.0425. The lowest BCUT2D eigenvalue weighted by atomic mass is 10.0. The van der Waals surface area contributed by atoms with Gasteiger partial charge in [0.2, 0.25) is 0 Å². The lowest BCUT2D eigenvalue weighted by Crippen LogP contribution is -2.06. The molecule has 0 bridgehead atoms. The van der Waals surface area contributed by atoms with Crippen molar-refractivity contribution in [2.75, 3.05) is 6.61 Å². The molecule has 1 aromatic carbocycles. The molecule has 18 heavy (non-hydrogen) atoms. The maximum atomic E-state index is 12.5. The molecular weight excluding hydrogens is 244 g/mol. The van der Waals surface area contributed by atoms with Crippen LogP contribution in [0.2, 0.25) is 0 Å². The molecule has 0 saturated carbocycles. The number of ether oxygens (including phenoxy) is 1. The Morgan fingerprint density at radius 3 is 2.61 bits per heavy atom. The van der Waals surface area contributed by atoms with Crippen LogP contribution < -0.4 is 4.74 Å². The predicted molar refractivity (Wildman–Crippen MR) is 74.8 cm³/mol. The van der Waals surface area contributed by atoms with Crippen molar-refractivity contribution in [2.24, 2.45) is 0 Å². The second kappa shape index (κ2) is 5.36. The van der Waals surface area contributed by atoms with Gasteiger partial charge in [-0.25, -0.2) is 0 Å². The zero-order valence-corrected chi connectivity index (χ0v) is 11.6. The van der Waals surface area contributed by atoms with Crippen LogP contribution in [0.25, 0.3) is 0 Å². The molecule has 0 aliphatic heterocycles. The molecule has 2 nitrogen and oxygen atoms in total. The van der Waals surface area contributed by atoms with E-state index in [-0.39, 0.29) is 5.78 Å². The molecule has 0 aliphatic rings. The van der Waals surface area contributed by atoms with Crippen LogP contribution in [0.4, 0.5) is 0 Å². The molecule has 2 rings (SSSR count). The Balaban J connectivity index is 2.46. The number of carbonyl (C=O) groups is 1. The van der Waals surface area contributed by atoms with Crippen molar-refractivity contribution in [1.29, 1.82) is 0 Å². The molecule has 1 aromatic heterocycles. The lowest BCUT2D eigenvalue weighted by Gasteiger charge is -2.10. The van der Waals surface area contributed by atoms with Crippen molar-refractivity contribution in [3.8, 4) is 5.75 Å². The fourth-order valence-corrected chi connectivity index (χ4v) is 2.67. The first-order valence-corrected chi connectivity index (χ1v) is 6.88. The standard InChI is InChI=1S/C15H16O2S/c1-4-17-14-6-5-10(2)7-12(14)15(16)13-9-18-8-11(13)3/h5-9H,4H2,1-3H3. The summed E-state index contributed by atoms with van der Waals surface area (Å²) in [5, 5.41) is 3.89. The third-order valence-corrected chi connectivity index (χ3v) is 3.64. The SMILES string of the molecule is CCOc1ccc(C)cc1C(=O)c1cscc1C. The normalized spacial score (nSPS) is 10.4. The molecule has 3 heteroatoms. The van der Waals surface area contributed by atoms with E-state index in [4.69, 9.17) is 4.74 Å². The van der Waals surface area contributed by atoms with Crippen LogP contribution in [0, 0.1) is 13.8 Å². The molecule has 0 atom stereocenters. The van der Waals surface area contributed by atoms with E-state index >= 15 is 0 Å². The number of rotatable bonds is 4. The van der Waals surface area contributed by atoms with Crippen LogP contribution in [0.1, 0.15) is 34.0 Å². The smallest absolute Gasteiger partial charge is 0.197 e. The maximum absolute atomic E-state index is 12.5. The average molecular weight is 260 g/mol. The highest BCUT2D eigenvalue weighted by Gasteiger charge is 2.17. The molecule has 0 radical (unpaired) electrons. The highest BCUT2D eigenvalue weighted by atomic mass is 32.1. The summed E-state index contributed by atoms with van der Waals surface area (Å²) in [5.41, 5.74) is 3.51. The minimum absolute atomic E-state index is 0.0425. The van der Waals surface area contributed by atoms with Crippen LogP contribution >= 0.6 is 11.3 Å². The van der Waals surface area contributed by atoms with Gasteiger partial charge in [-0.2, -0.15) is 11.3 Å². The highest BCUT2D eigenvalue weighted by molar-refractivity contribution is 7.08. The lowest BCUT2D eigenvalue weighted by molar-refractivity contribution is 0.103. The van der Waals surface area contributed by atoms with Gasteiger partial charge < -0.3 is 4.74 Å². The monoisotopic (exact) mass is 260 g/mol. The Morgan fingerprint density at radius 2 is 2.00 bits per heavy atom. The van der Waals surface area contributed by atoms with Gasteiger partial charge in [0.1, 0.15) is 5.75 Å². The van der Waals surface area contributed by atoms with Gasteiger partial charge in [-0.05, 0) is 43.8 Å². The second-order valence-electron chi connectivity index (χ2n) is 4.23. The summed E-state index contributed by atoms with van der Waals surface area (Å²) in [6, 6.07) is 5.72. The summed E-state index contributed by atoms with van der Waals surface area (Å²) >= 11 is 1.55. The maximum Gasteiger partial charge on any atom is 0.197 e. The average Bonchev–Trinajstić information content (AvgIpc) is 2.77. The first-order chi connectivity index (χ1) is 8.63. The van der Waals surface area contributed by atoms with Crippen LogP contribution in [0.15, 0.2) is 29.0 Å². The van der Waals surface area contributed by atoms with Gasteiger partial charge in [0.15, 0.2) is 5.78 Å². The van der Waals surface area contributed by atoms with Crippen molar-refractivity contribution in [3.05, 3.63) is 51.2 Å². The van der Waals surface area contributed by atoms with Crippen molar-refractivity contribution in [3.63, 3.8) is 0 Å². The zero-order valence-electron chi connectivity index (χ0n) is 10.8. The topological polar surface area (TPSA) is 26.3 Å². The Hall–Kier alpha value is -1.61. The summed E-state index contributed by atoms with van der Waals surface area (Å²) in [5.74, 6) is 0.708. The summed E-state index contributed by atoms with van der Waals surface area (Å²) in [6.45, 7) is 6.42. The van der Waals surface area contributed by atoms with Crippen LogP contribution in [0.5, 0.6) is 5.75 Å². The minimum Gasteiger partial charge on any atom is -0.493 e. The third-order valence-electron chi connectivity index (χ3n) is 2.78. The molecule has 0 amide bonds. The quantitative estimate of drug-likeness (QED) is 0.777. The predicted octanol–water partition coefficient (Wildman–Crippen LogP) is 3.99. The highest BCUT2D eigenvalue weighted by Crippen LogP contribution is 2.26. The van der Waals surface area contributed by atoms with Gasteiger partial charge in [0, 0.05) is 10.9 Å². The third kappa shape index (κ3) is 2.46. The molecule has 0 N–H and O–H groups in total. The summed E-state index contributed by atoms with van der Waals surface area (Å²) in [4.78, 5) is 12.5. The summed E-state index contributed by atoms with van der Waals surface area (Å²) < 4.78 is 5.53. The fraction of sp³-hybridized carbons (Fsp3) is 0.267. The van der Waals surface area contributed by atoms with Crippen LogP contribution in [0.3, 0.4) is 0 Å². The van der Waals surface area contributed by atoms with Crippen molar-refractivity contribution >= 4 is 17.1 Å². The Kier molecular flexibility index (Phi) is 3.82. The van der Waals surface area contributed by atoms with Gasteiger partial charge in [-0.3, -0.25) is 4.79 Å². The Labute approximate surface area is 111 Å². The molecule has 2 aromatic rings. The van der Waals surface area contributed by atoms with E-state index in [9.17, 15) is 4.79 Å². The summed E-state index contributed by atoms with van der Waals surface area (Å²) in [7, 11) is 0. The van der Waals surface area contributed by atoms with Crippen molar-refractivity contribution in [1.82, 2.24) is 0 Å².